The molecule has 11 heavy (non-hydrogen) atoms. The molecule has 0 aliphatic heterocycles. The lowest BCUT2D eigenvalue weighted by atomic mass is 10.1. The number of hydrogen-bond donors (Lipinski definition) is 1. The van der Waals surface area contributed by atoms with Crippen molar-refractivity contribution in [1.82, 2.24) is 14.8 Å². The highest BCUT2D eigenvalue weighted by Gasteiger charge is 2.20. The van der Waals surface area contributed by atoms with Gasteiger partial charge in [0.1, 0.15) is 5.92 Å². The molecule has 1 heterocycles. The molecule has 0 spiro atoms. The molecule has 1 rings (SSSR count). The molecular formula is C5H7N3O2S. The molecule has 0 saturated heterocycles. The Bertz CT molecular complexity index is 236. The fourth-order valence-corrected chi connectivity index (χ4v) is 1.35. The van der Waals surface area contributed by atoms with Crippen LogP contribution in [-0.2, 0) is 4.79 Å². The number of carboxylic acids is 1. The zero-order valence-electron chi connectivity index (χ0n) is 5.89. The van der Waals surface area contributed by atoms with Gasteiger partial charge in [-0.25, -0.2) is 0 Å². The highest BCUT2D eigenvalue weighted by Crippen LogP contribution is 2.18. The van der Waals surface area contributed by atoms with Crippen LogP contribution in [0.1, 0.15) is 24.3 Å². The van der Waals surface area contributed by atoms with Crippen LogP contribution in [0.3, 0.4) is 0 Å². The molecule has 0 aromatic carbocycles. The fourth-order valence-electron chi connectivity index (χ4n) is 0.729. The Labute approximate surface area is 67.2 Å². The van der Waals surface area contributed by atoms with Crippen LogP contribution in [0.5, 0.6) is 0 Å². The Hall–Kier alpha value is -1.04. The fraction of sp³-hybridized carbons (Fsp3) is 0.600. The smallest absolute Gasteiger partial charge is 0.313 e. The maximum absolute atomic E-state index is 10.5. The summed E-state index contributed by atoms with van der Waals surface area (Å²) in [5.41, 5.74) is 0. The molecule has 0 amide bonds. The van der Waals surface area contributed by atoms with Crippen molar-refractivity contribution in [1.29, 1.82) is 0 Å². The van der Waals surface area contributed by atoms with Crippen molar-refractivity contribution in [2.75, 3.05) is 0 Å². The Morgan fingerprint density at radius 2 is 2.55 bits per heavy atom. The van der Waals surface area contributed by atoms with Crippen LogP contribution in [0.2, 0.25) is 0 Å². The van der Waals surface area contributed by atoms with E-state index in [0.717, 1.165) is 11.5 Å². The summed E-state index contributed by atoms with van der Waals surface area (Å²) in [5.74, 6) is -1.42. The van der Waals surface area contributed by atoms with Gasteiger partial charge in [-0.2, -0.15) is 0 Å². The van der Waals surface area contributed by atoms with Crippen LogP contribution in [0.4, 0.5) is 0 Å². The summed E-state index contributed by atoms with van der Waals surface area (Å²) in [7, 11) is 0. The van der Waals surface area contributed by atoms with Crippen LogP contribution in [-0.4, -0.2) is 25.9 Å². The minimum atomic E-state index is -0.869. The first kappa shape index (κ1) is 8.06. The van der Waals surface area contributed by atoms with Crippen LogP contribution in [0.15, 0.2) is 0 Å². The van der Waals surface area contributed by atoms with Gasteiger partial charge >= 0.3 is 5.97 Å². The number of rotatable bonds is 3. The van der Waals surface area contributed by atoms with E-state index in [1.807, 2.05) is 0 Å². The summed E-state index contributed by atoms with van der Waals surface area (Å²) in [6, 6.07) is 0. The second kappa shape index (κ2) is 3.38. The molecule has 1 unspecified atom stereocenters. The molecule has 1 atom stereocenters. The number of aromatic nitrogens is 3. The van der Waals surface area contributed by atoms with Crippen LogP contribution < -0.4 is 0 Å². The van der Waals surface area contributed by atoms with E-state index in [2.05, 4.69) is 14.8 Å². The Balaban J connectivity index is 2.79. The molecule has 1 aromatic rings. The lowest BCUT2D eigenvalue weighted by Crippen LogP contribution is -2.09. The molecule has 6 heteroatoms. The first-order chi connectivity index (χ1) is 5.25. The predicted molar refractivity (Wildman–Crippen MR) is 38.4 cm³/mol. The first-order valence-corrected chi connectivity index (χ1v) is 3.90. The van der Waals surface area contributed by atoms with Gasteiger partial charge < -0.3 is 5.11 Å². The van der Waals surface area contributed by atoms with E-state index in [9.17, 15) is 4.79 Å². The summed E-state index contributed by atoms with van der Waals surface area (Å²) < 4.78 is 3.49. The maximum Gasteiger partial charge on any atom is 0.313 e. The van der Waals surface area contributed by atoms with Crippen LogP contribution >= 0.6 is 11.5 Å². The van der Waals surface area contributed by atoms with Crippen LogP contribution in [0, 0.1) is 0 Å². The van der Waals surface area contributed by atoms with E-state index in [-0.39, 0.29) is 0 Å². The van der Waals surface area contributed by atoms with Crippen molar-refractivity contribution < 1.29 is 9.90 Å². The quantitative estimate of drug-likeness (QED) is 0.720. The van der Waals surface area contributed by atoms with E-state index in [4.69, 9.17) is 5.11 Å². The summed E-state index contributed by atoms with van der Waals surface area (Å²) in [4.78, 5) is 10.5. The predicted octanol–water partition coefficient (Wildman–Crippen LogP) is 0.511. The van der Waals surface area contributed by atoms with Gasteiger partial charge in [-0.3, -0.25) is 4.79 Å². The van der Waals surface area contributed by atoms with E-state index in [1.54, 1.807) is 6.92 Å². The third kappa shape index (κ3) is 1.70. The van der Waals surface area contributed by atoms with Crippen molar-refractivity contribution in [2.45, 2.75) is 19.3 Å². The summed E-state index contributed by atoms with van der Waals surface area (Å²) >= 11 is 1.03. The monoisotopic (exact) mass is 173 g/mol. The second-order valence-corrected chi connectivity index (χ2v) is 2.76. The van der Waals surface area contributed by atoms with Gasteiger partial charge in [0.25, 0.3) is 0 Å². The number of aliphatic carboxylic acids is 1. The van der Waals surface area contributed by atoms with Crippen molar-refractivity contribution in [3.63, 3.8) is 0 Å². The molecule has 0 saturated carbocycles. The SMILES string of the molecule is CCC(C(=O)O)c1nnns1. The van der Waals surface area contributed by atoms with E-state index >= 15 is 0 Å². The summed E-state index contributed by atoms with van der Waals surface area (Å²) in [5, 5.41) is 16.0. The van der Waals surface area contributed by atoms with E-state index in [0.29, 0.717) is 11.4 Å². The molecule has 60 valence electrons. The van der Waals surface area contributed by atoms with Gasteiger partial charge in [0.05, 0.1) is 0 Å². The van der Waals surface area contributed by atoms with E-state index < -0.39 is 11.9 Å². The molecule has 0 radical (unpaired) electrons. The minimum absolute atomic E-state index is 0.472. The van der Waals surface area contributed by atoms with Crippen molar-refractivity contribution in [3.8, 4) is 0 Å². The number of hydrogen-bond acceptors (Lipinski definition) is 5. The highest BCUT2D eigenvalue weighted by atomic mass is 32.1. The summed E-state index contributed by atoms with van der Waals surface area (Å²) in [6.07, 6.45) is 0.520. The zero-order valence-corrected chi connectivity index (χ0v) is 6.71. The zero-order chi connectivity index (χ0) is 8.27. The molecular weight excluding hydrogens is 166 g/mol. The standard InChI is InChI=1S/C5H7N3O2S/c1-2-3(5(9)10)4-6-7-8-11-4/h3H,2H2,1H3,(H,9,10). The van der Waals surface area contributed by atoms with Gasteiger partial charge in [0, 0.05) is 11.5 Å². The number of nitrogens with zero attached hydrogens (tertiary/aromatic N) is 3. The van der Waals surface area contributed by atoms with Gasteiger partial charge in [0.15, 0.2) is 5.01 Å². The lowest BCUT2D eigenvalue weighted by molar-refractivity contribution is -0.138. The average molecular weight is 173 g/mol. The Morgan fingerprint density at radius 3 is 2.91 bits per heavy atom. The lowest BCUT2D eigenvalue weighted by Gasteiger charge is -2.01. The van der Waals surface area contributed by atoms with Crippen molar-refractivity contribution in [2.24, 2.45) is 0 Å². The highest BCUT2D eigenvalue weighted by molar-refractivity contribution is 7.05. The molecule has 1 aromatic heterocycles. The second-order valence-electron chi connectivity index (χ2n) is 2.00. The molecule has 1 N–H and O–H groups in total. The van der Waals surface area contributed by atoms with Crippen molar-refractivity contribution >= 4 is 17.5 Å². The topological polar surface area (TPSA) is 76.0 Å². The first-order valence-electron chi connectivity index (χ1n) is 3.13. The Kier molecular flexibility index (Phi) is 2.48. The van der Waals surface area contributed by atoms with Crippen molar-refractivity contribution in [3.05, 3.63) is 5.01 Å². The largest absolute Gasteiger partial charge is 0.481 e. The Morgan fingerprint density at radius 1 is 1.82 bits per heavy atom. The van der Waals surface area contributed by atoms with Gasteiger partial charge in [-0.1, -0.05) is 11.4 Å². The molecule has 0 fully saturated rings. The van der Waals surface area contributed by atoms with Crippen LogP contribution in [0.25, 0.3) is 0 Å². The van der Waals surface area contributed by atoms with Gasteiger partial charge in [0.2, 0.25) is 0 Å². The average Bonchev–Trinajstić information content (AvgIpc) is 2.40. The number of carbonyl (C=O) groups is 1. The molecule has 0 bridgehead atoms. The van der Waals surface area contributed by atoms with Gasteiger partial charge in [-0.15, -0.1) is 5.10 Å². The normalized spacial score (nSPS) is 12.8. The molecule has 0 aliphatic carbocycles. The minimum Gasteiger partial charge on any atom is -0.481 e. The molecule has 0 aliphatic rings. The number of carboxylic acid groups (broad SMARTS) is 1. The maximum atomic E-state index is 10.5. The third-order valence-electron chi connectivity index (χ3n) is 1.32. The molecule has 5 nitrogen and oxygen atoms in total. The van der Waals surface area contributed by atoms with E-state index in [1.165, 1.54) is 0 Å². The van der Waals surface area contributed by atoms with Gasteiger partial charge in [-0.05, 0) is 11.6 Å². The summed E-state index contributed by atoms with van der Waals surface area (Å²) in [6.45, 7) is 1.79. The third-order valence-corrected chi connectivity index (χ3v) is 2.03.